The standard InChI is InChI=1S/C15H19FN2O3/c1-11(21-13-7-3-2-6-12(13)16)15(20)17-10-14(19)18-8-4-5-9-18/h2-3,6-7,11H,4-5,8-10H2,1H3,(H,17,20). The molecule has 0 saturated carbocycles. The first-order chi connectivity index (χ1) is 10.1. The number of rotatable bonds is 5. The van der Waals surface area contributed by atoms with E-state index in [2.05, 4.69) is 5.32 Å². The van der Waals surface area contributed by atoms with E-state index in [0.29, 0.717) is 0 Å². The van der Waals surface area contributed by atoms with Crippen LogP contribution in [0.4, 0.5) is 4.39 Å². The average Bonchev–Trinajstić information content (AvgIpc) is 3.01. The molecule has 1 unspecified atom stereocenters. The highest BCUT2D eigenvalue weighted by Gasteiger charge is 2.21. The second kappa shape index (κ2) is 7.06. The largest absolute Gasteiger partial charge is 0.478 e. The Kier molecular flexibility index (Phi) is 5.14. The maximum absolute atomic E-state index is 13.4. The monoisotopic (exact) mass is 294 g/mol. The molecule has 1 aliphatic rings. The maximum atomic E-state index is 13.4. The van der Waals surface area contributed by atoms with Gasteiger partial charge in [-0.15, -0.1) is 0 Å². The van der Waals surface area contributed by atoms with Gasteiger partial charge in [-0.2, -0.15) is 0 Å². The summed E-state index contributed by atoms with van der Waals surface area (Å²) in [6.45, 7) is 2.96. The summed E-state index contributed by atoms with van der Waals surface area (Å²) in [5.74, 6) is -1.04. The van der Waals surface area contributed by atoms with Crippen molar-refractivity contribution < 1.29 is 18.7 Å². The number of hydrogen-bond acceptors (Lipinski definition) is 3. The third kappa shape index (κ3) is 4.18. The van der Waals surface area contributed by atoms with Gasteiger partial charge < -0.3 is 15.0 Å². The lowest BCUT2D eigenvalue weighted by Gasteiger charge is -2.18. The molecule has 1 saturated heterocycles. The van der Waals surface area contributed by atoms with Crippen LogP contribution in [0.25, 0.3) is 0 Å². The summed E-state index contributed by atoms with van der Waals surface area (Å²) in [5.41, 5.74) is 0. The molecule has 1 aromatic rings. The lowest BCUT2D eigenvalue weighted by atomic mass is 10.3. The molecule has 114 valence electrons. The first-order valence-corrected chi connectivity index (χ1v) is 7.04. The second-order valence-electron chi connectivity index (χ2n) is 5.00. The Balaban J connectivity index is 1.80. The van der Waals surface area contributed by atoms with Crippen LogP contribution in [0.1, 0.15) is 19.8 Å². The topological polar surface area (TPSA) is 58.6 Å². The number of para-hydroxylation sites is 1. The van der Waals surface area contributed by atoms with E-state index in [1.165, 1.54) is 19.1 Å². The van der Waals surface area contributed by atoms with E-state index in [0.717, 1.165) is 25.9 Å². The molecule has 21 heavy (non-hydrogen) atoms. The first-order valence-electron chi connectivity index (χ1n) is 7.04. The highest BCUT2D eigenvalue weighted by atomic mass is 19.1. The van der Waals surface area contributed by atoms with Crippen molar-refractivity contribution in [2.45, 2.75) is 25.9 Å². The van der Waals surface area contributed by atoms with Crippen LogP contribution in [0.3, 0.4) is 0 Å². The van der Waals surface area contributed by atoms with Crippen molar-refractivity contribution in [3.05, 3.63) is 30.1 Å². The highest BCUT2D eigenvalue weighted by Crippen LogP contribution is 2.16. The Hall–Kier alpha value is -2.11. The van der Waals surface area contributed by atoms with Crippen molar-refractivity contribution in [3.63, 3.8) is 0 Å². The van der Waals surface area contributed by atoms with E-state index in [9.17, 15) is 14.0 Å². The number of ether oxygens (including phenoxy) is 1. The van der Waals surface area contributed by atoms with Crippen molar-refractivity contribution in [1.82, 2.24) is 10.2 Å². The summed E-state index contributed by atoms with van der Waals surface area (Å²) >= 11 is 0. The van der Waals surface area contributed by atoms with Crippen molar-refractivity contribution in [1.29, 1.82) is 0 Å². The molecule has 0 bridgehead atoms. The van der Waals surface area contributed by atoms with E-state index < -0.39 is 17.8 Å². The van der Waals surface area contributed by atoms with Gasteiger partial charge in [-0.1, -0.05) is 12.1 Å². The Morgan fingerprint density at radius 3 is 2.67 bits per heavy atom. The Morgan fingerprint density at radius 1 is 1.33 bits per heavy atom. The summed E-state index contributed by atoms with van der Waals surface area (Å²) in [6, 6.07) is 5.88. The Morgan fingerprint density at radius 2 is 2.00 bits per heavy atom. The molecule has 5 nitrogen and oxygen atoms in total. The fraction of sp³-hybridized carbons (Fsp3) is 0.467. The summed E-state index contributed by atoms with van der Waals surface area (Å²) in [5, 5.41) is 2.52. The SMILES string of the molecule is CC(Oc1ccccc1F)C(=O)NCC(=O)N1CCCC1. The van der Waals surface area contributed by atoms with Gasteiger partial charge in [0.05, 0.1) is 6.54 Å². The molecule has 1 aliphatic heterocycles. The minimum absolute atomic E-state index is 0.0195. The smallest absolute Gasteiger partial charge is 0.261 e. The van der Waals surface area contributed by atoms with Crippen molar-refractivity contribution >= 4 is 11.8 Å². The molecule has 6 heteroatoms. The van der Waals surface area contributed by atoms with Gasteiger partial charge in [0.15, 0.2) is 17.7 Å². The molecule has 2 amide bonds. The number of carbonyl (C=O) groups is 2. The third-order valence-electron chi connectivity index (χ3n) is 3.38. The normalized spacial score (nSPS) is 15.6. The minimum Gasteiger partial charge on any atom is -0.478 e. The Labute approximate surface area is 123 Å². The van der Waals surface area contributed by atoms with Crippen LogP contribution in [0.15, 0.2) is 24.3 Å². The third-order valence-corrected chi connectivity index (χ3v) is 3.38. The van der Waals surface area contributed by atoms with Gasteiger partial charge in [-0.3, -0.25) is 9.59 Å². The van der Waals surface area contributed by atoms with E-state index in [-0.39, 0.29) is 18.2 Å². The number of benzene rings is 1. The zero-order valence-electron chi connectivity index (χ0n) is 12.0. The molecule has 1 fully saturated rings. The van der Waals surface area contributed by atoms with E-state index in [1.807, 2.05) is 0 Å². The summed E-state index contributed by atoms with van der Waals surface area (Å²) in [7, 11) is 0. The quantitative estimate of drug-likeness (QED) is 0.891. The number of likely N-dealkylation sites (tertiary alicyclic amines) is 1. The lowest BCUT2D eigenvalue weighted by molar-refractivity contribution is -0.134. The van der Waals surface area contributed by atoms with Gasteiger partial charge in [0.1, 0.15) is 0 Å². The molecule has 1 heterocycles. The maximum Gasteiger partial charge on any atom is 0.261 e. The molecule has 1 atom stereocenters. The molecule has 0 radical (unpaired) electrons. The average molecular weight is 294 g/mol. The number of hydrogen-bond donors (Lipinski definition) is 1. The van der Waals surface area contributed by atoms with Crippen LogP contribution in [-0.4, -0.2) is 42.5 Å². The van der Waals surface area contributed by atoms with Crippen LogP contribution in [0.2, 0.25) is 0 Å². The van der Waals surface area contributed by atoms with Crippen molar-refractivity contribution in [3.8, 4) is 5.75 Å². The summed E-state index contributed by atoms with van der Waals surface area (Å²) in [6.07, 6.45) is 1.15. The molecule has 2 rings (SSSR count). The van der Waals surface area contributed by atoms with Gasteiger partial charge in [-0.25, -0.2) is 4.39 Å². The molecule has 0 aliphatic carbocycles. The van der Waals surface area contributed by atoms with Crippen LogP contribution in [0, 0.1) is 5.82 Å². The molecule has 0 spiro atoms. The number of nitrogens with zero attached hydrogens (tertiary/aromatic N) is 1. The Bertz CT molecular complexity index is 515. The van der Waals surface area contributed by atoms with Gasteiger partial charge in [0, 0.05) is 13.1 Å². The zero-order valence-corrected chi connectivity index (χ0v) is 12.0. The zero-order chi connectivity index (χ0) is 15.2. The van der Waals surface area contributed by atoms with Gasteiger partial charge in [0.2, 0.25) is 5.91 Å². The first kappa shape index (κ1) is 15.3. The number of amides is 2. The fourth-order valence-electron chi connectivity index (χ4n) is 2.17. The number of nitrogens with one attached hydrogen (secondary N) is 1. The predicted octanol–water partition coefficient (Wildman–Crippen LogP) is 1.33. The number of carbonyl (C=O) groups excluding carboxylic acids is 2. The van der Waals surface area contributed by atoms with E-state index in [1.54, 1.807) is 17.0 Å². The molecule has 0 aromatic heterocycles. The van der Waals surface area contributed by atoms with Gasteiger partial charge in [-0.05, 0) is 31.9 Å². The predicted molar refractivity (Wildman–Crippen MR) is 75.3 cm³/mol. The van der Waals surface area contributed by atoms with Crippen LogP contribution in [0.5, 0.6) is 5.75 Å². The van der Waals surface area contributed by atoms with Crippen molar-refractivity contribution in [2.75, 3.05) is 19.6 Å². The molecule has 1 N–H and O–H groups in total. The number of halogens is 1. The van der Waals surface area contributed by atoms with Gasteiger partial charge >= 0.3 is 0 Å². The van der Waals surface area contributed by atoms with Crippen LogP contribution >= 0.6 is 0 Å². The fourth-order valence-corrected chi connectivity index (χ4v) is 2.17. The second-order valence-corrected chi connectivity index (χ2v) is 5.00. The molecule has 1 aromatic carbocycles. The molecular weight excluding hydrogens is 275 g/mol. The lowest BCUT2D eigenvalue weighted by Crippen LogP contribution is -2.43. The summed E-state index contributed by atoms with van der Waals surface area (Å²) in [4.78, 5) is 25.4. The minimum atomic E-state index is -0.867. The van der Waals surface area contributed by atoms with Gasteiger partial charge in [0.25, 0.3) is 5.91 Å². The van der Waals surface area contributed by atoms with E-state index in [4.69, 9.17) is 4.74 Å². The van der Waals surface area contributed by atoms with Crippen molar-refractivity contribution in [2.24, 2.45) is 0 Å². The van der Waals surface area contributed by atoms with Crippen LogP contribution in [-0.2, 0) is 9.59 Å². The summed E-state index contributed by atoms with van der Waals surface area (Å²) < 4.78 is 18.7. The molecular formula is C15H19FN2O3. The highest BCUT2D eigenvalue weighted by molar-refractivity contribution is 5.87. The van der Waals surface area contributed by atoms with Crippen LogP contribution < -0.4 is 10.1 Å². The van der Waals surface area contributed by atoms with E-state index >= 15 is 0 Å².